The lowest BCUT2D eigenvalue weighted by atomic mass is 9.76. The van der Waals surface area contributed by atoms with Gasteiger partial charge in [-0.1, -0.05) is 19.3 Å². The Morgan fingerprint density at radius 2 is 1.50 bits per heavy atom. The van der Waals surface area contributed by atoms with Crippen molar-refractivity contribution >= 4 is 10.0 Å². The number of nitrogens with zero attached hydrogens (tertiary/aromatic N) is 2. The summed E-state index contributed by atoms with van der Waals surface area (Å²) in [4.78, 5) is 0.314. The second-order valence-corrected chi connectivity index (χ2v) is 9.60. The summed E-state index contributed by atoms with van der Waals surface area (Å²) in [5.74, 6) is 2.38. The third-order valence-corrected chi connectivity index (χ3v) is 7.81. The molecule has 2 aliphatic rings. The van der Waals surface area contributed by atoms with E-state index in [1.165, 1.54) is 19.3 Å². The van der Waals surface area contributed by atoms with Crippen molar-refractivity contribution in [1.82, 2.24) is 4.31 Å². The van der Waals surface area contributed by atoms with Gasteiger partial charge in [0.1, 0.15) is 11.5 Å². The van der Waals surface area contributed by atoms with Gasteiger partial charge in [0.2, 0.25) is 10.0 Å². The van der Waals surface area contributed by atoms with Crippen LogP contribution in [-0.2, 0) is 10.0 Å². The summed E-state index contributed by atoms with van der Waals surface area (Å²) in [7, 11) is -3.47. The van der Waals surface area contributed by atoms with Gasteiger partial charge in [-0.2, -0.15) is 9.57 Å². The zero-order valence-electron chi connectivity index (χ0n) is 15.8. The number of benzene rings is 2. The topological polar surface area (TPSA) is 70.4 Å². The first-order chi connectivity index (χ1) is 13.6. The molecule has 4 rings (SSSR count). The highest BCUT2D eigenvalue weighted by Crippen LogP contribution is 2.37. The van der Waals surface area contributed by atoms with E-state index in [1.807, 2.05) is 0 Å². The Bertz CT molecular complexity index is 962. The maximum atomic E-state index is 13.1. The van der Waals surface area contributed by atoms with Crippen LogP contribution in [0, 0.1) is 23.2 Å². The van der Waals surface area contributed by atoms with Crippen molar-refractivity contribution in [2.24, 2.45) is 11.8 Å². The van der Waals surface area contributed by atoms with Gasteiger partial charge in [-0.3, -0.25) is 0 Å². The van der Waals surface area contributed by atoms with Crippen LogP contribution in [0.2, 0.25) is 0 Å². The van der Waals surface area contributed by atoms with Gasteiger partial charge in [0, 0.05) is 13.1 Å². The molecular weight excluding hydrogens is 372 g/mol. The summed E-state index contributed by atoms with van der Waals surface area (Å²) >= 11 is 0. The first-order valence-electron chi connectivity index (χ1n) is 9.84. The minimum Gasteiger partial charge on any atom is -0.457 e. The van der Waals surface area contributed by atoms with Crippen LogP contribution < -0.4 is 4.74 Å². The molecule has 0 amide bonds. The maximum Gasteiger partial charge on any atom is 0.243 e. The van der Waals surface area contributed by atoms with Gasteiger partial charge in [0.25, 0.3) is 0 Å². The fourth-order valence-electron chi connectivity index (χ4n) is 4.35. The summed E-state index contributed by atoms with van der Waals surface area (Å²) in [5, 5.41) is 8.84. The molecule has 28 heavy (non-hydrogen) atoms. The predicted octanol–water partition coefficient (Wildman–Crippen LogP) is 4.55. The molecular formula is C22H24N2O3S. The van der Waals surface area contributed by atoms with Gasteiger partial charge >= 0.3 is 0 Å². The fourth-order valence-corrected chi connectivity index (χ4v) is 5.86. The number of nitriles is 1. The molecule has 1 aliphatic heterocycles. The van der Waals surface area contributed by atoms with E-state index in [-0.39, 0.29) is 0 Å². The lowest BCUT2D eigenvalue weighted by Crippen LogP contribution is -2.44. The molecule has 0 radical (unpaired) electrons. The van der Waals surface area contributed by atoms with E-state index in [0.717, 1.165) is 12.8 Å². The Kier molecular flexibility index (Phi) is 5.38. The maximum absolute atomic E-state index is 13.1. The average Bonchev–Trinajstić information content (AvgIpc) is 2.74. The van der Waals surface area contributed by atoms with Crippen LogP contribution in [0.5, 0.6) is 11.5 Å². The first-order valence-corrected chi connectivity index (χ1v) is 11.3. The van der Waals surface area contributed by atoms with E-state index in [2.05, 4.69) is 6.07 Å². The third kappa shape index (κ3) is 3.91. The summed E-state index contributed by atoms with van der Waals surface area (Å²) in [6, 6.07) is 15.5. The zero-order valence-corrected chi connectivity index (χ0v) is 16.6. The second-order valence-electron chi connectivity index (χ2n) is 7.67. The van der Waals surface area contributed by atoms with Gasteiger partial charge in [-0.05, 0) is 73.2 Å². The monoisotopic (exact) mass is 396 g/mol. The second kappa shape index (κ2) is 7.94. The van der Waals surface area contributed by atoms with Crippen LogP contribution in [0.3, 0.4) is 0 Å². The summed E-state index contributed by atoms with van der Waals surface area (Å²) < 4.78 is 33.5. The van der Waals surface area contributed by atoms with E-state index in [9.17, 15) is 8.42 Å². The Morgan fingerprint density at radius 3 is 2.14 bits per heavy atom. The van der Waals surface area contributed by atoms with Gasteiger partial charge in [-0.15, -0.1) is 0 Å². The Balaban J connectivity index is 1.45. The predicted molar refractivity (Wildman–Crippen MR) is 106 cm³/mol. The van der Waals surface area contributed by atoms with Crippen molar-refractivity contribution in [3.8, 4) is 17.6 Å². The number of fused-ring (bicyclic) bond motifs is 1. The van der Waals surface area contributed by atoms with Crippen LogP contribution in [-0.4, -0.2) is 25.8 Å². The Hall–Kier alpha value is -2.36. The van der Waals surface area contributed by atoms with Gasteiger partial charge in [0.05, 0.1) is 16.5 Å². The summed E-state index contributed by atoms with van der Waals surface area (Å²) in [6.45, 7) is 1.27. The number of ether oxygens (including phenoxy) is 1. The van der Waals surface area contributed by atoms with Crippen molar-refractivity contribution in [2.75, 3.05) is 13.1 Å². The van der Waals surface area contributed by atoms with Crippen LogP contribution in [0.1, 0.15) is 37.7 Å². The number of piperidine rings is 1. The SMILES string of the molecule is N#Cc1ccc(Oc2ccc(S(=O)(=O)N3CCC4CCCCC4C3)cc2)cc1. The van der Waals surface area contributed by atoms with Gasteiger partial charge < -0.3 is 4.74 Å². The normalized spacial score (nSPS) is 22.8. The standard InChI is InChI=1S/C22H24N2O3S/c23-15-17-5-7-20(8-6-17)27-21-9-11-22(12-10-21)28(25,26)24-14-13-18-3-1-2-4-19(18)16-24/h5-12,18-19H,1-4,13-14,16H2. The van der Waals surface area contributed by atoms with E-state index in [4.69, 9.17) is 10.00 Å². The lowest BCUT2D eigenvalue weighted by molar-refractivity contribution is 0.136. The summed E-state index contributed by atoms with van der Waals surface area (Å²) in [5.41, 5.74) is 0.565. The molecule has 1 saturated carbocycles. The number of hydrogen-bond donors (Lipinski definition) is 0. The molecule has 2 aromatic rings. The minimum atomic E-state index is -3.47. The van der Waals surface area contributed by atoms with E-state index in [0.29, 0.717) is 46.9 Å². The van der Waals surface area contributed by atoms with Crippen molar-refractivity contribution in [3.63, 3.8) is 0 Å². The first kappa shape index (κ1) is 19.0. The van der Waals surface area contributed by atoms with Crippen molar-refractivity contribution < 1.29 is 13.2 Å². The van der Waals surface area contributed by atoms with Gasteiger partial charge in [-0.25, -0.2) is 8.42 Å². The fraction of sp³-hybridized carbons (Fsp3) is 0.409. The van der Waals surface area contributed by atoms with Crippen molar-refractivity contribution in [2.45, 2.75) is 37.0 Å². The third-order valence-electron chi connectivity index (χ3n) is 5.93. The molecule has 5 nitrogen and oxygen atoms in total. The molecule has 0 aromatic heterocycles. The van der Waals surface area contributed by atoms with E-state index >= 15 is 0 Å². The molecule has 2 atom stereocenters. The van der Waals surface area contributed by atoms with E-state index in [1.54, 1.807) is 52.8 Å². The molecule has 2 unspecified atom stereocenters. The average molecular weight is 397 g/mol. The molecule has 0 N–H and O–H groups in total. The molecule has 1 saturated heterocycles. The largest absolute Gasteiger partial charge is 0.457 e. The van der Waals surface area contributed by atoms with Crippen LogP contribution in [0.15, 0.2) is 53.4 Å². The Morgan fingerprint density at radius 1 is 0.893 bits per heavy atom. The Labute approximate surface area is 166 Å². The van der Waals surface area contributed by atoms with E-state index < -0.39 is 10.0 Å². The molecule has 146 valence electrons. The van der Waals surface area contributed by atoms with Crippen LogP contribution in [0.4, 0.5) is 0 Å². The molecule has 1 heterocycles. The molecule has 6 heteroatoms. The lowest BCUT2D eigenvalue weighted by Gasteiger charge is -2.40. The number of rotatable bonds is 4. The molecule has 0 spiro atoms. The molecule has 2 fully saturated rings. The number of hydrogen-bond acceptors (Lipinski definition) is 4. The number of sulfonamides is 1. The highest BCUT2D eigenvalue weighted by Gasteiger charge is 2.36. The van der Waals surface area contributed by atoms with Crippen molar-refractivity contribution in [3.05, 3.63) is 54.1 Å². The van der Waals surface area contributed by atoms with Crippen molar-refractivity contribution in [1.29, 1.82) is 5.26 Å². The minimum absolute atomic E-state index is 0.314. The highest BCUT2D eigenvalue weighted by molar-refractivity contribution is 7.89. The van der Waals surface area contributed by atoms with Gasteiger partial charge in [0.15, 0.2) is 0 Å². The highest BCUT2D eigenvalue weighted by atomic mass is 32.2. The van der Waals surface area contributed by atoms with Crippen LogP contribution >= 0.6 is 0 Å². The molecule has 2 aromatic carbocycles. The molecule has 1 aliphatic carbocycles. The zero-order chi connectivity index (χ0) is 19.6. The quantitative estimate of drug-likeness (QED) is 0.760. The smallest absolute Gasteiger partial charge is 0.243 e. The summed E-state index contributed by atoms with van der Waals surface area (Å²) in [6.07, 6.45) is 5.88. The molecule has 0 bridgehead atoms. The van der Waals surface area contributed by atoms with Crippen LogP contribution in [0.25, 0.3) is 0 Å².